The molecular weight excluding hydrogens is 328 g/mol. The van der Waals surface area contributed by atoms with Crippen LogP contribution in [0.25, 0.3) is 0 Å². The van der Waals surface area contributed by atoms with Gasteiger partial charge in [-0.05, 0) is 41.4 Å². The predicted molar refractivity (Wildman–Crippen MR) is 88.4 cm³/mol. The molecule has 2 aromatic carbocycles. The van der Waals surface area contributed by atoms with Crippen LogP contribution in [-0.2, 0) is 11.2 Å². The molecule has 0 aliphatic carbocycles. The number of carbonyl (C=O) groups excluding carboxylic acids is 1. The molecular formula is C17H17BrN2O. The van der Waals surface area contributed by atoms with Gasteiger partial charge in [-0.3, -0.25) is 4.79 Å². The van der Waals surface area contributed by atoms with Gasteiger partial charge in [0, 0.05) is 10.2 Å². The van der Waals surface area contributed by atoms with Crippen LogP contribution < -0.4 is 10.6 Å². The first-order valence-electron chi connectivity index (χ1n) is 7.09. The van der Waals surface area contributed by atoms with Crippen molar-refractivity contribution in [2.45, 2.75) is 19.4 Å². The summed E-state index contributed by atoms with van der Waals surface area (Å²) >= 11 is 3.53. The minimum Gasteiger partial charge on any atom is -0.326 e. The zero-order valence-electron chi connectivity index (χ0n) is 11.8. The molecule has 1 amide bonds. The van der Waals surface area contributed by atoms with Gasteiger partial charge in [-0.2, -0.15) is 0 Å². The van der Waals surface area contributed by atoms with Gasteiger partial charge in [0.15, 0.2) is 0 Å². The Morgan fingerprint density at radius 1 is 1.24 bits per heavy atom. The van der Waals surface area contributed by atoms with Gasteiger partial charge in [-0.15, -0.1) is 0 Å². The van der Waals surface area contributed by atoms with Crippen LogP contribution in [0.1, 0.15) is 29.7 Å². The van der Waals surface area contributed by atoms with Crippen LogP contribution in [0.2, 0.25) is 0 Å². The van der Waals surface area contributed by atoms with Crippen LogP contribution in [0.3, 0.4) is 0 Å². The summed E-state index contributed by atoms with van der Waals surface area (Å²) in [6, 6.07) is 14.7. The van der Waals surface area contributed by atoms with Crippen LogP contribution in [-0.4, -0.2) is 12.5 Å². The summed E-state index contributed by atoms with van der Waals surface area (Å²) in [6.07, 6.45) is 0.473. The first-order chi connectivity index (χ1) is 10.2. The molecule has 3 nitrogen and oxygen atoms in total. The highest BCUT2D eigenvalue weighted by molar-refractivity contribution is 9.10. The number of anilines is 1. The summed E-state index contributed by atoms with van der Waals surface area (Å²) < 4.78 is 1.07. The minimum absolute atomic E-state index is 0.0737. The molecule has 0 saturated carbocycles. The molecule has 4 heteroatoms. The average Bonchev–Trinajstić information content (AvgIpc) is 2.83. The van der Waals surface area contributed by atoms with Crippen molar-refractivity contribution in [3.8, 4) is 0 Å². The fourth-order valence-corrected chi connectivity index (χ4v) is 3.16. The van der Waals surface area contributed by atoms with Crippen molar-refractivity contribution in [3.05, 3.63) is 63.6 Å². The Morgan fingerprint density at radius 2 is 2.05 bits per heavy atom. The van der Waals surface area contributed by atoms with Crippen molar-refractivity contribution in [3.63, 3.8) is 0 Å². The van der Waals surface area contributed by atoms with Crippen LogP contribution in [0.5, 0.6) is 0 Å². The van der Waals surface area contributed by atoms with Crippen molar-refractivity contribution in [2.75, 3.05) is 11.9 Å². The molecule has 0 spiro atoms. The molecule has 0 saturated heterocycles. The lowest BCUT2D eigenvalue weighted by molar-refractivity contribution is -0.115. The first-order valence-corrected chi connectivity index (χ1v) is 7.88. The number of benzene rings is 2. The van der Waals surface area contributed by atoms with Gasteiger partial charge in [0.25, 0.3) is 0 Å². The molecule has 21 heavy (non-hydrogen) atoms. The van der Waals surface area contributed by atoms with E-state index in [1.54, 1.807) is 0 Å². The molecule has 0 fully saturated rings. The van der Waals surface area contributed by atoms with Crippen LogP contribution in [0, 0.1) is 0 Å². The molecule has 2 N–H and O–H groups in total. The van der Waals surface area contributed by atoms with Crippen molar-refractivity contribution in [1.82, 2.24) is 5.32 Å². The molecule has 1 aliphatic heterocycles. The molecule has 1 atom stereocenters. The van der Waals surface area contributed by atoms with E-state index in [0.717, 1.165) is 22.3 Å². The molecule has 108 valence electrons. The maximum Gasteiger partial charge on any atom is 0.228 e. The smallest absolute Gasteiger partial charge is 0.228 e. The fourth-order valence-electron chi connectivity index (χ4n) is 2.75. The first kappa shape index (κ1) is 14.3. The van der Waals surface area contributed by atoms with Crippen molar-refractivity contribution in [2.24, 2.45) is 0 Å². The Balaban J connectivity index is 1.98. The van der Waals surface area contributed by atoms with E-state index in [1.807, 2.05) is 18.2 Å². The number of nitrogens with one attached hydrogen (secondary N) is 2. The van der Waals surface area contributed by atoms with Gasteiger partial charge in [-0.1, -0.05) is 47.1 Å². The van der Waals surface area contributed by atoms with E-state index >= 15 is 0 Å². The lowest BCUT2D eigenvalue weighted by atomic mass is 9.96. The Kier molecular flexibility index (Phi) is 4.08. The largest absolute Gasteiger partial charge is 0.326 e. The van der Waals surface area contributed by atoms with Crippen LogP contribution in [0.15, 0.2) is 46.9 Å². The molecule has 0 bridgehead atoms. The van der Waals surface area contributed by atoms with E-state index in [-0.39, 0.29) is 11.9 Å². The van der Waals surface area contributed by atoms with Gasteiger partial charge in [0.05, 0.1) is 12.5 Å². The normalized spacial score (nSPS) is 14.7. The molecule has 1 unspecified atom stereocenters. The molecule has 0 aromatic heterocycles. The number of rotatable bonds is 4. The Hall–Kier alpha value is -1.65. The summed E-state index contributed by atoms with van der Waals surface area (Å²) in [6.45, 7) is 2.98. The number of amides is 1. The van der Waals surface area contributed by atoms with Crippen molar-refractivity contribution in [1.29, 1.82) is 0 Å². The third-order valence-electron chi connectivity index (χ3n) is 3.68. The fraction of sp³-hybridized carbons (Fsp3) is 0.235. The van der Waals surface area contributed by atoms with Gasteiger partial charge in [0.1, 0.15) is 0 Å². The number of carbonyl (C=O) groups is 1. The van der Waals surface area contributed by atoms with Gasteiger partial charge >= 0.3 is 0 Å². The number of hydrogen-bond acceptors (Lipinski definition) is 2. The maximum atomic E-state index is 11.5. The molecule has 1 heterocycles. The van der Waals surface area contributed by atoms with Crippen LogP contribution in [0.4, 0.5) is 5.69 Å². The second kappa shape index (κ2) is 6.00. The zero-order valence-corrected chi connectivity index (χ0v) is 13.4. The van der Waals surface area contributed by atoms with E-state index in [2.05, 4.69) is 57.8 Å². The van der Waals surface area contributed by atoms with Crippen LogP contribution >= 0.6 is 15.9 Å². The van der Waals surface area contributed by atoms with Crippen molar-refractivity contribution >= 4 is 27.5 Å². The number of fused-ring (bicyclic) bond motifs is 1. The summed E-state index contributed by atoms with van der Waals surface area (Å²) in [7, 11) is 0. The topological polar surface area (TPSA) is 41.1 Å². The van der Waals surface area contributed by atoms with Gasteiger partial charge < -0.3 is 10.6 Å². The molecule has 0 radical (unpaired) electrons. The monoisotopic (exact) mass is 344 g/mol. The summed E-state index contributed by atoms with van der Waals surface area (Å²) in [4.78, 5) is 11.5. The number of hydrogen-bond donors (Lipinski definition) is 2. The predicted octanol–water partition coefficient (Wildman–Crippen LogP) is 3.64. The van der Waals surface area contributed by atoms with E-state index in [9.17, 15) is 4.79 Å². The lowest BCUT2D eigenvalue weighted by Gasteiger charge is -2.20. The van der Waals surface area contributed by atoms with E-state index in [1.165, 1.54) is 11.1 Å². The SMILES string of the molecule is CCNC(c1cccc(Br)c1)c1ccc2c(c1)CC(=O)N2. The van der Waals surface area contributed by atoms with E-state index in [0.29, 0.717) is 6.42 Å². The average molecular weight is 345 g/mol. The molecule has 2 aromatic rings. The summed E-state index contributed by atoms with van der Waals surface area (Å²) in [5, 5.41) is 6.40. The highest BCUT2D eigenvalue weighted by Crippen LogP contribution is 2.30. The van der Waals surface area contributed by atoms with Gasteiger partial charge in [-0.25, -0.2) is 0 Å². The van der Waals surface area contributed by atoms with E-state index in [4.69, 9.17) is 0 Å². The molecule has 1 aliphatic rings. The Bertz CT molecular complexity index is 684. The maximum absolute atomic E-state index is 11.5. The molecule has 3 rings (SSSR count). The Labute approximate surface area is 132 Å². The van der Waals surface area contributed by atoms with Gasteiger partial charge in [0.2, 0.25) is 5.91 Å². The lowest BCUT2D eigenvalue weighted by Crippen LogP contribution is -2.22. The summed E-state index contributed by atoms with van der Waals surface area (Å²) in [5.41, 5.74) is 4.41. The Morgan fingerprint density at radius 3 is 2.81 bits per heavy atom. The highest BCUT2D eigenvalue weighted by atomic mass is 79.9. The quantitative estimate of drug-likeness (QED) is 0.888. The van der Waals surface area contributed by atoms with E-state index < -0.39 is 0 Å². The highest BCUT2D eigenvalue weighted by Gasteiger charge is 2.20. The third-order valence-corrected chi connectivity index (χ3v) is 4.17. The second-order valence-corrected chi connectivity index (χ2v) is 6.10. The minimum atomic E-state index is 0.0737. The standard InChI is InChI=1S/C17H17BrN2O/c1-2-19-17(11-4-3-5-14(18)9-11)12-6-7-15-13(8-12)10-16(21)20-15/h3-9,17,19H,2,10H2,1H3,(H,20,21). The third kappa shape index (κ3) is 3.01. The summed E-state index contributed by atoms with van der Waals surface area (Å²) in [5.74, 6) is 0.0737. The zero-order chi connectivity index (χ0) is 14.8. The number of halogens is 1. The van der Waals surface area contributed by atoms with Crippen molar-refractivity contribution < 1.29 is 4.79 Å². The second-order valence-electron chi connectivity index (χ2n) is 5.19.